The number of ether oxygens (including phenoxy) is 1. The molecule has 1 amide bonds. The summed E-state index contributed by atoms with van der Waals surface area (Å²) in [5, 5.41) is 3.22. The van der Waals surface area contributed by atoms with Crippen molar-refractivity contribution in [2.75, 3.05) is 12.0 Å². The predicted octanol–water partition coefficient (Wildman–Crippen LogP) is 5.96. The highest BCUT2D eigenvalue weighted by atomic mass is 31.2. The van der Waals surface area contributed by atoms with Crippen LogP contribution in [0.4, 0.5) is 5.69 Å². The molecule has 0 N–H and O–H groups in total. The van der Waals surface area contributed by atoms with E-state index in [9.17, 15) is 9.59 Å². The van der Waals surface area contributed by atoms with Gasteiger partial charge in [0.25, 0.3) is 5.91 Å². The first-order valence-electron chi connectivity index (χ1n) is 13.8. The molecule has 0 fully saturated rings. The van der Waals surface area contributed by atoms with Crippen molar-refractivity contribution in [3.8, 4) is 0 Å². The number of hydrogen-bond donors (Lipinski definition) is 0. The summed E-state index contributed by atoms with van der Waals surface area (Å²) >= 11 is 0. The Kier molecular flexibility index (Phi) is 7.72. The number of carbonyl (C=O) groups excluding carboxylic acids is 2. The van der Waals surface area contributed by atoms with E-state index in [2.05, 4.69) is 36.4 Å². The first kappa shape index (κ1) is 27.3. The van der Waals surface area contributed by atoms with Crippen LogP contribution in [0.1, 0.15) is 11.1 Å². The fourth-order valence-corrected chi connectivity index (χ4v) is 9.54. The van der Waals surface area contributed by atoms with Crippen LogP contribution in [-0.4, -0.2) is 24.8 Å². The molecule has 5 aromatic carbocycles. The summed E-state index contributed by atoms with van der Waals surface area (Å²) in [6.07, 6.45) is 0. The van der Waals surface area contributed by atoms with Gasteiger partial charge in [-0.15, -0.1) is 0 Å². The maximum Gasteiger partial charge on any atom is 0.338 e. The minimum Gasteiger partial charge on any atom is -0.465 e. The highest BCUT2D eigenvalue weighted by Gasteiger charge is 2.37. The molecule has 4 nitrogen and oxygen atoms in total. The normalized spacial score (nSPS) is 13.8. The Labute approximate surface area is 246 Å². The van der Waals surface area contributed by atoms with Crippen molar-refractivity contribution in [2.45, 2.75) is 6.54 Å². The lowest BCUT2D eigenvalue weighted by molar-refractivity contribution is -0.135. The van der Waals surface area contributed by atoms with Gasteiger partial charge in [0, 0.05) is 5.56 Å². The van der Waals surface area contributed by atoms with E-state index in [0.29, 0.717) is 12.1 Å². The first-order chi connectivity index (χ1) is 20.6. The lowest BCUT2D eigenvalue weighted by Crippen LogP contribution is -2.30. The molecule has 0 saturated carbocycles. The van der Waals surface area contributed by atoms with E-state index in [1.54, 1.807) is 4.90 Å². The Bertz CT molecular complexity index is 1710. The van der Waals surface area contributed by atoms with Crippen LogP contribution in [0.25, 0.3) is 5.57 Å². The number of nitrogens with zero attached hydrogens (tertiary/aromatic N) is 1. The van der Waals surface area contributed by atoms with Gasteiger partial charge in [-0.1, -0.05) is 140 Å². The van der Waals surface area contributed by atoms with Crippen molar-refractivity contribution in [1.82, 2.24) is 0 Å². The minimum atomic E-state index is -2.61. The number of amides is 1. The summed E-state index contributed by atoms with van der Waals surface area (Å²) < 4.78 is 5.41. The molecule has 1 heterocycles. The van der Waals surface area contributed by atoms with Crippen LogP contribution in [0.15, 0.2) is 151 Å². The molecular weight excluding hydrogens is 537 g/mol. The van der Waals surface area contributed by atoms with Crippen LogP contribution in [0.3, 0.4) is 0 Å². The summed E-state index contributed by atoms with van der Waals surface area (Å²) in [4.78, 5) is 30.0. The van der Waals surface area contributed by atoms with Gasteiger partial charge in [-0.25, -0.2) is 4.79 Å². The van der Waals surface area contributed by atoms with Crippen LogP contribution < -0.4 is 20.8 Å². The number of benzene rings is 5. The van der Waals surface area contributed by atoms with Crippen molar-refractivity contribution in [3.05, 3.63) is 162 Å². The number of rotatable bonds is 7. The molecule has 0 atom stereocenters. The zero-order chi connectivity index (χ0) is 28.9. The van der Waals surface area contributed by atoms with Crippen LogP contribution in [0.5, 0.6) is 0 Å². The fraction of sp³-hybridized carbons (Fsp3) is 0.0541. The van der Waals surface area contributed by atoms with Gasteiger partial charge in [0.2, 0.25) is 0 Å². The van der Waals surface area contributed by atoms with Crippen molar-refractivity contribution >= 4 is 51.7 Å². The average Bonchev–Trinajstić information content (AvgIpc) is 3.33. The Hall–Kier alpha value is -4.92. The monoisotopic (exact) mass is 567 g/mol. The van der Waals surface area contributed by atoms with Gasteiger partial charge in [0.1, 0.15) is 0 Å². The lowest BCUT2D eigenvalue weighted by atomic mass is 10.0. The molecule has 206 valence electrons. The Morgan fingerprint density at radius 2 is 1.12 bits per heavy atom. The zero-order valence-corrected chi connectivity index (χ0v) is 24.2. The second-order valence-electron chi connectivity index (χ2n) is 10.0. The maximum atomic E-state index is 14.4. The van der Waals surface area contributed by atoms with E-state index in [1.165, 1.54) is 7.11 Å². The molecule has 0 aliphatic carbocycles. The van der Waals surface area contributed by atoms with Gasteiger partial charge < -0.3 is 9.64 Å². The largest absolute Gasteiger partial charge is 0.465 e. The highest BCUT2D eigenvalue weighted by molar-refractivity contribution is 7.94. The van der Waals surface area contributed by atoms with Gasteiger partial charge in [-0.3, -0.25) is 4.79 Å². The number of methoxy groups -OCH3 is 1. The molecule has 0 bridgehead atoms. The van der Waals surface area contributed by atoms with Crippen LogP contribution in [0, 0.1) is 0 Å². The molecule has 42 heavy (non-hydrogen) atoms. The van der Waals surface area contributed by atoms with Gasteiger partial charge in [0.05, 0.1) is 30.5 Å². The van der Waals surface area contributed by atoms with E-state index in [1.807, 2.05) is 115 Å². The summed E-state index contributed by atoms with van der Waals surface area (Å²) in [7, 11) is 1.37. The molecule has 1 aliphatic heterocycles. The van der Waals surface area contributed by atoms with Crippen LogP contribution in [0.2, 0.25) is 0 Å². The van der Waals surface area contributed by atoms with Crippen molar-refractivity contribution in [2.24, 2.45) is 0 Å². The fourth-order valence-electron chi connectivity index (χ4n) is 5.65. The van der Waals surface area contributed by atoms with Crippen molar-refractivity contribution in [1.29, 1.82) is 0 Å². The molecule has 0 saturated heterocycles. The molecule has 1 aliphatic rings. The third kappa shape index (κ3) is 4.91. The number of fused-ring (bicyclic) bond motifs is 1. The van der Waals surface area contributed by atoms with Crippen LogP contribution in [-0.2, 0) is 20.9 Å². The van der Waals surface area contributed by atoms with Gasteiger partial charge in [-0.2, -0.15) is 0 Å². The third-order valence-electron chi connectivity index (χ3n) is 7.59. The highest BCUT2D eigenvalue weighted by Crippen LogP contribution is 2.47. The number of para-hydroxylation sites is 1. The summed E-state index contributed by atoms with van der Waals surface area (Å²) in [6.45, 7) is -2.21. The second-order valence-corrected chi connectivity index (χ2v) is 13.3. The smallest absolute Gasteiger partial charge is 0.338 e. The van der Waals surface area contributed by atoms with Crippen LogP contribution >= 0.6 is 6.89 Å². The molecule has 0 radical (unpaired) electrons. The molecule has 0 unspecified atom stereocenters. The van der Waals surface area contributed by atoms with E-state index in [4.69, 9.17) is 4.74 Å². The van der Waals surface area contributed by atoms with Gasteiger partial charge in [0.15, 0.2) is 0 Å². The molecule has 0 aromatic heterocycles. The molecule has 0 spiro atoms. The van der Waals surface area contributed by atoms with Gasteiger partial charge >= 0.3 is 5.97 Å². The number of esters is 1. The molecule has 5 heteroatoms. The molecule has 5 aromatic rings. The molecular formula is C37H30NO3P. The average molecular weight is 568 g/mol. The summed E-state index contributed by atoms with van der Waals surface area (Å²) in [6, 6.07) is 48.3. The standard InChI is InChI=1S/C37H30NO3P/c1-41-37(40)33(35-32-24-14-15-25-34(32)38(36(35)39)26-28-16-6-2-7-17-28)27-42(29-18-8-3-9-19-29,30-20-10-4-11-21-30)31-22-12-5-13-23-31/h2-25,27H,26H2,1H3/b35-33-. The first-order valence-corrected chi connectivity index (χ1v) is 15.7. The Morgan fingerprint density at radius 1 is 0.667 bits per heavy atom. The van der Waals surface area contributed by atoms with E-state index >= 15 is 0 Å². The third-order valence-corrected chi connectivity index (χ3v) is 11.6. The topological polar surface area (TPSA) is 46.6 Å². The number of hydrogen-bond acceptors (Lipinski definition) is 3. The summed E-state index contributed by atoms with van der Waals surface area (Å²) in [5.74, 6) is 1.28. The minimum absolute atomic E-state index is 0.219. The predicted molar refractivity (Wildman–Crippen MR) is 174 cm³/mol. The number of anilines is 1. The SMILES string of the molecule is COC(=O)/C(C=P(c1ccccc1)(c1ccccc1)c1ccccc1)=C1\C(=O)N(Cc2ccccc2)c2ccccc21. The Balaban J connectivity index is 1.70. The second kappa shape index (κ2) is 11.9. The summed E-state index contributed by atoms with van der Waals surface area (Å²) in [5.41, 5.74) is 3.14. The van der Waals surface area contributed by atoms with E-state index < -0.39 is 12.9 Å². The molecule has 6 rings (SSSR count). The maximum absolute atomic E-state index is 14.4. The zero-order valence-electron chi connectivity index (χ0n) is 23.3. The van der Waals surface area contributed by atoms with E-state index in [-0.39, 0.29) is 11.5 Å². The van der Waals surface area contributed by atoms with Crippen molar-refractivity contribution in [3.63, 3.8) is 0 Å². The lowest BCUT2D eigenvalue weighted by Gasteiger charge is -2.29. The quantitative estimate of drug-likeness (QED) is 0.139. The van der Waals surface area contributed by atoms with E-state index in [0.717, 1.165) is 32.7 Å². The Morgan fingerprint density at radius 3 is 1.62 bits per heavy atom. The number of carbonyl (C=O) groups is 2. The van der Waals surface area contributed by atoms with Crippen molar-refractivity contribution < 1.29 is 14.3 Å². The van der Waals surface area contributed by atoms with Gasteiger partial charge in [-0.05, 0) is 40.2 Å².